The van der Waals surface area contributed by atoms with E-state index in [1.54, 1.807) is 17.6 Å². The Morgan fingerprint density at radius 2 is 2.25 bits per heavy atom. The van der Waals surface area contributed by atoms with Gasteiger partial charge >= 0.3 is 5.97 Å². The molecule has 0 amide bonds. The van der Waals surface area contributed by atoms with E-state index >= 15 is 0 Å². The number of β-amino-alcohol motifs (C(OH)–C–C–N with tert-alkyl or cyclic N) is 1. The quantitative estimate of drug-likeness (QED) is 0.521. The molecule has 0 radical (unpaired) electrons. The molecule has 146 valence electrons. The summed E-state index contributed by atoms with van der Waals surface area (Å²) >= 11 is 0. The molecule has 0 spiro atoms. The Labute approximate surface area is 160 Å². The van der Waals surface area contributed by atoms with Crippen molar-refractivity contribution in [2.75, 3.05) is 16.8 Å². The van der Waals surface area contributed by atoms with Crippen molar-refractivity contribution < 1.29 is 15.0 Å². The van der Waals surface area contributed by atoms with Crippen LogP contribution in [0.3, 0.4) is 0 Å². The summed E-state index contributed by atoms with van der Waals surface area (Å²) < 4.78 is 1.64. The van der Waals surface area contributed by atoms with Crippen molar-refractivity contribution in [3.8, 4) is 0 Å². The van der Waals surface area contributed by atoms with Crippen LogP contribution < -0.4 is 10.2 Å². The first kappa shape index (κ1) is 17.0. The molecule has 3 aromatic rings. The number of anilines is 3. The van der Waals surface area contributed by atoms with Gasteiger partial charge in [-0.3, -0.25) is 5.10 Å². The van der Waals surface area contributed by atoms with Gasteiger partial charge in [-0.05, 0) is 31.9 Å². The molecule has 5 rings (SSSR count). The zero-order valence-corrected chi connectivity index (χ0v) is 15.3. The maximum atomic E-state index is 11.7. The van der Waals surface area contributed by atoms with Gasteiger partial charge in [-0.25, -0.2) is 9.31 Å². The molecule has 1 aliphatic heterocycles. The summed E-state index contributed by atoms with van der Waals surface area (Å²) in [7, 11) is 0. The van der Waals surface area contributed by atoms with Crippen LogP contribution in [0.15, 0.2) is 24.4 Å². The van der Waals surface area contributed by atoms with E-state index in [0.29, 0.717) is 17.6 Å². The van der Waals surface area contributed by atoms with Gasteiger partial charge in [0.25, 0.3) is 0 Å². The number of aromatic amines is 1. The number of aliphatic hydroxyl groups is 1. The van der Waals surface area contributed by atoms with E-state index in [9.17, 15) is 15.0 Å². The lowest BCUT2D eigenvalue weighted by molar-refractivity contribution is -0.138. The van der Waals surface area contributed by atoms with Gasteiger partial charge in [0.15, 0.2) is 11.6 Å². The Balaban J connectivity index is 1.52. The van der Waals surface area contributed by atoms with Crippen molar-refractivity contribution >= 4 is 29.1 Å². The van der Waals surface area contributed by atoms with Crippen molar-refractivity contribution in [2.24, 2.45) is 0 Å². The fourth-order valence-electron chi connectivity index (χ4n) is 3.76. The van der Waals surface area contributed by atoms with Crippen LogP contribution in [0.2, 0.25) is 0 Å². The maximum Gasteiger partial charge on any atom is 0.326 e. The second kappa shape index (κ2) is 5.93. The SMILES string of the molecule is C[C@]1(O)C[C@@H](C(=O)O)N(c2nc(Nc3cc(C4CC4)[nH]n3)c3cccn3n2)C1. The minimum absolute atomic E-state index is 0.113. The van der Waals surface area contributed by atoms with Crippen molar-refractivity contribution in [2.45, 2.75) is 43.7 Å². The smallest absolute Gasteiger partial charge is 0.326 e. The number of carboxylic acids is 1. The Morgan fingerprint density at radius 1 is 1.43 bits per heavy atom. The predicted molar refractivity (Wildman–Crippen MR) is 101 cm³/mol. The zero-order chi connectivity index (χ0) is 19.5. The monoisotopic (exact) mass is 383 g/mol. The first-order valence-corrected chi connectivity index (χ1v) is 9.29. The van der Waals surface area contributed by atoms with Crippen LogP contribution in [0.25, 0.3) is 5.52 Å². The Kier molecular flexibility index (Phi) is 3.60. The van der Waals surface area contributed by atoms with Crippen LogP contribution in [0, 0.1) is 0 Å². The van der Waals surface area contributed by atoms with Crippen LogP contribution in [-0.2, 0) is 4.79 Å². The number of carbonyl (C=O) groups is 1. The minimum Gasteiger partial charge on any atom is -0.480 e. The van der Waals surface area contributed by atoms with Crippen molar-refractivity contribution in [1.29, 1.82) is 0 Å². The van der Waals surface area contributed by atoms with Gasteiger partial charge in [0.1, 0.15) is 11.6 Å². The van der Waals surface area contributed by atoms with Gasteiger partial charge in [-0.2, -0.15) is 10.1 Å². The third-order valence-electron chi connectivity index (χ3n) is 5.30. The second-order valence-electron chi connectivity index (χ2n) is 7.89. The first-order valence-electron chi connectivity index (χ1n) is 9.29. The summed E-state index contributed by atoms with van der Waals surface area (Å²) in [6.45, 7) is 1.77. The number of aromatic nitrogens is 5. The number of hydrogen-bond acceptors (Lipinski definition) is 7. The lowest BCUT2D eigenvalue weighted by Crippen LogP contribution is -2.38. The molecule has 0 bridgehead atoms. The number of nitrogens with zero attached hydrogens (tertiary/aromatic N) is 5. The minimum atomic E-state index is -1.12. The average Bonchev–Trinajstić information content (AvgIpc) is 3.05. The molecular formula is C18H21N7O3. The van der Waals surface area contributed by atoms with Crippen molar-refractivity contribution in [3.05, 3.63) is 30.1 Å². The van der Waals surface area contributed by atoms with E-state index in [1.165, 1.54) is 17.7 Å². The van der Waals surface area contributed by atoms with E-state index in [1.807, 2.05) is 18.2 Å². The molecule has 1 saturated carbocycles. The lowest BCUT2D eigenvalue weighted by Gasteiger charge is -2.22. The Bertz CT molecular complexity index is 1050. The summed E-state index contributed by atoms with van der Waals surface area (Å²) in [5, 5.41) is 35.0. The van der Waals surface area contributed by atoms with Gasteiger partial charge in [0, 0.05) is 30.3 Å². The molecule has 2 aliphatic rings. The topological polar surface area (TPSA) is 132 Å². The number of nitrogens with one attached hydrogen (secondary N) is 2. The number of fused-ring (bicyclic) bond motifs is 1. The second-order valence-corrected chi connectivity index (χ2v) is 7.89. The largest absolute Gasteiger partial charge is 0.480 e. The maximum absolute atomic E-state index is 11.7. The molecule has 2 fully saturated rings. The summed E-state index contributed by atoms with van der Waals surface area (Å²) in [4.78, 5) is 17.8. The van der Waals surface area contributed by atoms with Crippen LogP contribution in [0.4, 0.5) is 17.6 Å². The summed E-state index contributed by atoms with van der Waals surface area (Å²) in [5.74, 6) is 0.969. The highest BCUT2D eigenvalue weighted by Gasteiger charge is 2.44. The van der Waals surface area contributed by atoms with Crippen LogP contribution >= 0.6 is 0 Å². The van der Waals surface area contributed by atoms with Crippen molar-refractivity contribution in [1.82, 2.24) is 24.8 Å². The van der Waals surface area contributed by atoms with E-state index in [4.69, 9.17) is 0 Å². The molecule has 4 heterocycles. The molecule has 1 aliphatic carbocycles. The average molecular weight is 383 g/mol. The summed E-state index contributed by atoms with van der Waals surface area (Å²) in [5.41, 5.74) is 0.731. The number of H-pyrrole nitrogens is 1. The molecular weight excluding hydrogens is 362 g/mol. The van der Waals surface area contributed by atoms with Gasteiger partial charge in [-0.1, -0.05) is 0 Å². The van der Waals surface area contributed by atoms with Crippen LogP contribution in [-0.4, -0.2) is 59.2 Å². The van der Waals surface area contributed by atoms with Crippen LogP contribution in [0.5, 0.6) is 0 Å². The van der Waals surface area contributed by atoms with Gasteiger partial charge in [0.2, 0.25) is 5.95 Å². The third-order valence-corrected chi connectivity index (χ3v) is 5.30. The summed E-state index contributed by atoms with van der Waals surface area (Å²) in [6, 6.07) is 4.80. The Morgan fingerprint density at radius 3 is 3.00 bits per heavy atom. The molecule has 1 saturated heterocycles. The van der Waals surface area contributed by atoms with Gasteiger partial charge in [-0.15, -0.1) is 5.10 Å². The summed E-state index contributed by atoms with van der Waals surface area (Å²) in [6.07, 6.45) is 4.24. The number of aliphatic carboxylic acids is 1. The Hall–Kier alpha value is -3.14. The van der Waals surface area contributed by atoms with Gasteiger partial charge < -0.3 is 20.4 Å². The molecule has 10 nitrogen and oxygen atoms in total. The molecule has 3 aromatic heterocycles. The standard InChI is InChI=1S/C18H21N7O3/c1-18(28)8-13(16(26)27)24(9-18)17-20-15(12-3-2-6-25(12)23-17)19-14-7-11(21-22-14)10-4-5-10/h2-3,6-7,10,13,28H,4-5,8-9H2,1H3,(H,26,27)(H2,19,20,21,22,23)/t13-,18-/m0/s1. The highest BCUT2D eigenvalue weighted by atomic mass is 16.4. The normalized spacial score (nSPS) is 24.8. The molecule has 2 atom stereocenters. The number of carboxylic acid groups (broad SMARTS) is 1. The highest BCUT2D eigenvalue weighted by molar-refractivity contribution is 5.79. The highest BCUT2D eigenvalue weighted by Crippen LogP contribution is 2.40. The molecule has 0 unspecified atom stereocenters. The molecule has 28 heavy (non-hydrogen) atoms. The van der Waals surface area contributed by atoms with Crippen LogP contribution in [0.1, 0.15) is 37.8 Å². The number of rotatable bonds is 5. The number of hydrogen-bond donors (Lipinski definition) is 4. The van der Waals surface area contributed by atoms with E-state index in [-0.39, 0.29) is 18.9 Å². The fraction of sp³-hybridized carbons (Fsp3) is 0.444. The predicted octanol–water partition coefficient (Wildman–Crippen LogP) is 1.49. The zero-order valence-electron chi connectivity index (χ0n) is 15.3. The van der Waals surface area contributed by atoms with Gasteiger partial charge in [0.05, 0.1) is 12.1 Å². The van der Waals surface area contributed by atoms with E-state index in [0.717, 1.165) is 11.2 Å². The van der Waals surface area contributed by atoms with E-state index < -0.39 is 17.6 Å². The molecule has 0 aromatic carbocycles. The first-order chi connectivity index (χ1) is 13.4. The fourth-order valence-corrected chi connectivity index (χ4v) is 3.76. The lowest BCUT2D eigenvalue weighted by atomic mass is 10.0. The van der Waals surface area contributed by atoms with Crippen molar-refractivity contribution in [3.63, 3.8) is 0 Å². The molecule has 4 N–H and O–H groups in total. The third kappa shape index (κ3) is 2.95. The molecule has 10 heteroatoms. The van der Waals surface area contributed by atoms with E-state index in [2.05, 4.69) is 25.6 Å².